The Labute approximate surface area is 338 Å². The molecular formula is C56H40N2. The SMILES string of the molecule is NC(=N/C(=C\Cc1cccc(-c2cccc3ccccc23)c1)c1ccc(-c2c3ccccc3c(-c3ccccc3)c3ccc4ccccc4c23)cc1)c1ccccc1. The number of hydrogen-bond donors (Lipinski definition) is 1. The Morgan fingerprint density at radius 1 is 0.414 bits per heavy atom. The Kier molecular flexibility index (Phi) is 9.13. The van der Waals surface area contributed by atoms with E-state index in [4.69, 9.17) is 10.7 Å². The number of rotatable bonds is 8. The molecule has 0 bridgehead atoms. The summed E-state index contributed by atoms with van der Waals surface area (Å²) in [6.07, 6.45) is 2.91. The molecule has 0 radical (unpaired) electrons. The third-order valence-corrected chi connectivity index (χ3v) is 11.3. The van der Waals surface area contributed by atoms with E-state index < -0.39 is 0 Å². The van der Waals surface area contributed by atoms with Gasteiger partial charge in [0.15, 0.2) is 0 Å². The van der Waals surface area contributed by atoms with Crippen molar-refractivity contribution in [2.24, 2.45) is 10.7 Å². The summed E-state index contributed by atoms with van der Waals surface area (Å²) in [6, 6.07) is 75.8. The van der Waals surface area contributed by atoms with E-state index in [1.165, 1.54) is 76.5 Å². The number of hydrogen-bond acceptors (Lipinski definition) is 1. The van der Waals surface area contributed by atoms with Crippen LogP contribution < -0.4 is 5.73 Å². The van der Waals surface area contributed by atoms with Gasteiger partial charge in [-0.2, -0.15) is 0 Å². The summed E-state index contributed by atoms with van der Waals surface area (Å²) >= 11 is 0. The van der Waals surface area contributed by atoms with Crippen molar-refractivity contribution < 1.29 is 0 Å². The third-order valence-electron chi connectivity index (χ3n) is 11.3. The number of fused-ring (bicyclic) bond motifs is 5. The Balaban J connectivity index is 1.10. The Morgan fingerprint density at radius 3 is 1.74 bits per heavy atom. The number of amidine groups is 1. The van der Waals surface area contributed by atoms with Crippen LogP contribution in [0.25, 0.3) is 82.2 Å². The fourth-order valence-corrected chi connectivity index (χ4v) is 8.56. The van der Waals surface area contributed by atoms with Crippen LogP contribution in [0.4, 0.5) is 0 Å². The van der Waals surface area contributed by atoms with Gasteiger partial charge in [-0.15, -0.1) is 0 Å². The van der Waals surface area contributed by atoms with Gasteiger partial charge in [-0.1, -0.05) is 218 Å². The van der Waals surface area contributed by atoms with Gasteiger partial charge < -0.3 is 5.73 Å². The molecule has 0 aromatic heterocycles. The van der Waals surface area contributed by atoms with E-state index in [-0.39, 0.29) is 0 Å². The first-order valence-electron chi connectivity index (χ1n) is 19.9. The first-order valence-corrected chi connectivity index (χ1v) is 19.9. The maximum absolute atomic E-state index is 6.72. The summed E-state index contributed by atoms with van der Waals surface area (Å²) in [5.41, 5.74) is 18.0. The minimum absolute atomic E-state index is 0.486. The maximum Gasteiger partial charge on any atom is 0.131 e. The molecule has 0 unspecified atom stereocenters. The molecule has 0 aliphatic heterocycles. The van der Waals surface area contributed by atoms with Crippen molar-refractivity contribution in [2.75, 3.05) is 0 Å². The minimum atomic E-state index is 0.486. The highest BCUT2D eigenvalue weighted by molar-refractivity contribution is 6.27. The second kappa shape index (κ2) is 15.2. The second-order valence-corrected chi connectivity index (χ2v) is 14.8. The lowest BCUT2D eigenvalue weighted by molar-refractivity contribution is 1.26. The van der Waals surface area contributed by atoms with Gasteiger partial charge in [0.2, 0.25) is 0 Å². The summed E-state index contributed by atoms with van der Waals surface area (Å²) < 4.78 is 0. The van der Waals surface area contributed by atoms with Crippen molar-refractivity contribution in [2.45, 2.75) is 6.42 Å². The number of allylic oxidation sites excluding steroid dienone is 1. The zero-order valence-corrected chi connectivity index (χ0v) is 32.0. The molecule has 0 fully saturated rings. The maximum atomic E-state index is 6.72. The zero-order chi connectivity index (χ0) is 38.8. The molecule has 0 saturated carbocycles. The van der Waals surface area contributed by atoms with Crippen molar-refractivity contribution >= 4 is 54.6 Å². The number of nitrogens with zero attached hydrogens (tertiary/aromatic N) is 1. The van der Waals surface area contributed by atoms with Gasteiger partial charge in [-0.3, -0.25) is 0 Å². The van der Waals surface area contributed by atoms with Gasteiger partial charge in [-0.25, -0.2) is 4.99 Å². The lowest BCUT2D eigenvalue weighted by Gasteiger charge is -2.19. The van der Waals surface area contributed by atoms with E-state index in [0.717, 1.165) is 22.4 Å². The van der Waals surface area contributed by atoms with E-state index in [2.05, 4.69) is 188 Å². The normalized spacial score (nSPS) is 12.1. The lowest BCUT2D eigenvalue weighted by atomic mass is 9.84. The van der Waals surface area contributed by atoms with Crippen LogP contribution in [0.3, 0.4) is 0 Å². The van der Waals surface area contributed by atoms with E-state index in [1.54, 1.807) is 0 Å². The fourth-order valence-electron chi connectivity index (χ4n) is 8.56. The van der Waals surface area contributed by atoms with Crippen LogP contribution in [-0.2, 0) is 6.42 Å². The smallest absolute Gasteiger partial charge is 0.131 e. The van der Waals surface area contributed by atoms with Crippen molar-refractivity contribution in [1.29, 1.82) is 0 Å². The van der Waals surface area contributed by atoms with Gasteiger partial charge >= 0.3 is 0 Å². The second-order valence-electron chi connectivity index (χ2n) is 14.8. The molecular weight excluding hydrogens is 701 g/mol. The highest BCUT2D eigenvalue weighted by atomic mass is 14.9. The predicted molar refractivity (Wildman–Crippen MR) is 248 cm³/mol. The first kappa shape index (κ1) is 34.9. The summed E-state index contributed by atoms with van der Waals surface area (Å²) in [5, 5.41) is 9.93. The molecule has 10 aromatic carbocycles. The van der Waals surface area contributed by atoms with Crippen LogP contribution in [0.2, 0.25) is 0 Å². The summed E-state index contributed by atoms with van der Waals surface area (Å²) in [5.74, 6) is 0.486. The molecule has 0 spiro atoms. The molecule has 0 aliphatic rings. The molecule has 0 heterocycles. The number of benzene rings is 10. The summed E-state index contributed by atoms with van der Waals surface area (Å²) in [6.45, 7) is 0. The Morgan fingerprint density at radius 2 is 0.983 bits per heavy atom. The number of nitrogens with two attached hydrogens (primary N) is 1. The molecule has 10 rings (SSSR count). The standard InChI is InChI=1S/C56H40N2/c57-56(44-20-5-2-6-21-44)58-52(36-29-38-15-13-23-45(37-38)47-28-14-22-39-16-7-9-24-46(39)47)41-30-32-43(33-31-41)54-50-27-12-11-26-49(50)53(42-18-3-1-4-19-42)51-35-34-40-17-8-10-25-48(40)55(51)54/h1-28,30-37H,29H2,(H2,57,58)/b52-36-. The average molecular weight is 741 g/mol. The molecule has 274 valence electrons. The van der Waals surface area contributed by atoms with Gasteiger partial charge in [0.1, 0.15) is 5.84 Å². The monoisotopic (exact) mass is 740 g/mol. The van der Waals surface area contributed by atoms with Crippen LogP contribution in [0.5, 0.6) is 0 Å². The Hall–Kier alpha value is -7.55. The molecule has 0 saturated heterocycles. The first-order chi connectivity index (χ1) is 28.7. The molecule has 0 aliphatic carbocycles. The van der Waals surface area contributed by atoms with Gasteiger partial charge in [0.05, 0.1) is 5.70 Å². The van der Waals surface area contributed by atoms with Gasteiger partial charge in [0, 0.05) is 5.56 Å². The van der Waals surface area contributed by atoms with Crippen molar-refractivity contribution in [3.8, 4) is 33.4 Å². The predicted octanol–water partition coefficient (Wildman–Crippen LogP) is 14.3. The van der Waals surface area contributed by atoms with Gasteiger partial charge in [-0.05, 0) is 94.0 Å². The largest absolute Gasteiger partial charge is 0.383 e. The van der Waals surface area contributed by atoms with Crippen molar-refractivity contribution in [3.05, 3.63) is 235 Å². The minimum Gasteiger partial charge on any atom is -0.383 e. The van der Waals surface area contributed by atoms with Crippen molar-refractivity contribution in [3.63, 3.8) is 0 Å². The highest BCUT2D eigenvalue weighted by Crippen LogP contribution is 2.46. The fraction of sp³-hybridized carbons (Fsp3) is 0.0179. The Bertz CT molecular complexity index is 3170. The summed E-state index contributed by atoms with van der Waals surface area (Å²) in [4.78, 5) is 5.10. The molecule has 2 N–H and O–H groups in total. The molecule has 10 aromatic rings. The van der Waals surface area contributed by atoms with Crippen LogP contribution in [-0.4, -0.2) is 5.84 Å². The van der Waals surface area contributed by atoms with Gasteiger partial charge in [0.25, 0.3) is 0 Å². The van der Waals surface area contributed by atoms with Crippen LogP contribution in [0.15, 0.2) is 223 Å². The molecule has 0 atom stereocenters. The lowest BCUT2D eigenvalue weighted by Crippen LogP contribution is -2.13. The highest BCUT2D eigenvalue weighted by Gasteiger charge is 2.19. The van der Waals surface area contributed by atoms with E-state index in [0.29, 0.717) is 12.3 Å². The van der Waals surface area contributed by atoms with E-state index in [9.17, 15) is 0 Å². The van der Waals surface area contributed by atoms with E-state index >= 15 is 0 Å². The average Bonchev–Trinajstić information content (AvgIpc) is 3.30. The molecule has 2 nitrogen and oxygen atoms in total. The quantitative estimate of drug-likeness (QED) is 0.0716. The van der Waals surface area contributed by atoms with Crippen molar-refractivity contribution in [1.82, 2.24) is 0 Å². The van der Waals surface area contributed by atoms with Crippen LogP contribution in [0.1, 0.15) is 16.7 Å². The summed E-state index contributed by atoms with van der Waals surface area (Å²) in [7, 11) is 0. The molecule has 58 heavy (non-hydrogen) atoms. The zero-order valence-electron chi connectivity index (χ0n) is 32.0. The topological polar surface area (TPSA) is 38.4 Å². The third kappa shape index (κ3) is 6.51. The molecule has 0 amide bonds. The number of aliphatic imine (C=N–C) groups is 1. The van der Waals surface area contributed by atoms with E-state index in [1.807, 2.05) is 30.3 Å². The van der Waals surface area contributed by atoms with Crippen LogP contribution in [0, 0.1) is 0 Å². The molecule has 2 heteroatoms. The van der Waals surface area contributed by atoms with Crippen LogP contribution >= 0.6 is 0 Å².